The number of esters is 1. The van der Waals surface area contributed by atoms with E-state index in [1.165, 1.54) is 6.42 Å². The number of hydrogen-bond acceptors (Lipinski definition) is 9. The Bertz CT molecular complexity index is 985. The van der Waals surface area contributed by atoms with Crippen molar-refractivity contribution in [2.24, 2.45) is 29.2 Å². The molecule has 1 aromatic carbocycles. The summed E-state index contributed by atoms with van der Waals surface area (Å²) in [7, 11) is 1.64. The van der Waals surface area contributed by atoms with E-state index in [2.05, 4.69) is 29.4 Å². The standard InChI is InChI=1S/C32H55N5O6/c1-22(2)24(20-35-31(39)25-12-7-8-13-27(25)42-17-11-16-41-5)18-26(34)28(21-37-14-9-6-10-15-37)43-32(40)30(23(3)4)36-29(38)19-33/h7-8,12-13,22-24,26,28,30H,6,9-11,14-21,33-34H2,1-5H3,(H,35,39)(H,36,38)/t24-,26+,28?,30+/m1/s1. The zero-order valence-corrected chi connectivity index (χ0v) is 26.8. The van der Waals surface area contributed by atoms with Gasteiger partial charge in [-0.2, -0.15) is 0 Å². The number of rotatable bonds is 19. The summed E-state index contributed by atoms with van der Waals surface area (Å²) in [5.41, 5.74) is 12.7. The Balaban J connectivity index is 2.11. The molecule has 1 saturated heterocycles. The number of hydrogen-bond donors (Lipinski definition) is 4. The maximum absolute atomic E-state index is 13.3. The van der Waals surface area contributed by atoms with Crippen LogP contribution in [0.4, 0.5) is 0 Å². The summed E-state index contributed by atoms with van der Waals surface area (Å²) in [5.74, 6) is -0.534. The van der Waals surface area contributed by atoms with Crippen LogP contribution in [0.3, 0.4) is 0 Å². The Kier molecular flexibility index (Phi) is 16.6. The summed E-state index contributed by atoms with van der Waals surface area (Å²) >= 11 is 0. The van der Waals surface area contributed by atoms with E-state index in [9.17, 15) is 14.4 Å². The fourth-order valence-corrected chi connectivity index (χ4v) is 5.19. The maximum Gasteiger partial charge on any atom is 0.329 e. The van der Waals surface area contributed by atoms with Crippen molar-refractivity contribution < 1.29 is 28.6 Å². The minimum atomic E-state index is -0.816. The van der Waals surface area contributed by atoms with Gasteiger partial charge in [0.2, 0.25) is 5.91 Å². The molecule has 0 aliphatic carbocycles. The Hall–Kier alpha value is -2.73. The fourth-order valence-electron chi connectivity index (χ4n) is 5.19. The van der Waals surface area contributed by atoms with Crippen LogP contribution in [-0.2, 0) is 19.1 Å². The van der Waals surface area contributed by atoms with Crippen molar-refractivity contribution in [1.82, 2.24) is 15.5 Å². The molecule has 1 unspecified atom stereocenters. The average Bonchev–Trinajstić information content (AvgIpc) is 2.99. The van der Waals surface area contributed by atoms with Gasteiger partial charge in [-0.05, 0) is 62.2 Å². The first-order chi connectivity index (χ1) is 20.6. The van der Waals surface area contributed by atoms with Gasteiger partial charge in [0, 0.05) is 39.3 Å². The third kappa shape index (κ3) is 12.8. The van der Waals surface area contributed by atoms with Crippen LogP contribution >= 0.6 is 0 Å². The molecule has 11 heteroatoms. The Morgan fingerprint density at radius 3 is 2.33 bits per heavy atom. The summed E-state index contributed by atoms with van der Waals surface area (Å²) < 4.78 is 17.0. The molecule has 43 heavy (non-hydrogen) atoms. The predicted octanol–water partition coefficient (Wildman–Crippen LogP) is 2.32. The molecule has 1 aromatic rings. The lowest BCUT2D eigenvalue weighted by atomic mass is 9.87. The molecule has 4 atom stereocenters. The number of amides is 2. The lowest BCUT2D eigenvalue weighted by Crippen LogP contribution is -2.53. The largest absolute Gasteiger partial charge is 0.493 e. The van der Waals surface area contributed by atoms with E-state index in [4.69, 9.17) is 25.7 Å². The number of carbonyl (C=O) groups is 3. The van der Waals surface area contributed by atoms with Crippen LogP contribution in [0, 0.1) is 17.8 Å². The van der Waals surface area contributed by atoms with Crippen molar-refractivity contribution in [1.29, 1.82) is 0 Å². The van der Waals surface area contributed by atoms with Gasteiger partial charge in [0.1, 0.15) is 17.9 Å². The molecule has 1 fully saturated rings. The molecule has 6 N–H and O–H groups in total. The third-order valence-electron chi connectivity index (χ3n) is 7.98. The van der Waals surface area contributed by atoms with Crippen molar-refractivity contribution in [2.45, 2.75) is 78.0 Å². The van der Waals surface area contributed by atoms with Crippen LogP contribution in [-0.4, -0.2) is 93.9 Å². The van der Waals surface area contributed by atoms with Gasteiger partial charge in [-0.25, -0.2) is 4.79 Å². The number of nitrogens with one attached hydrogen (secondary N) is 2. The number of methoxy groups -OCH3 is 1. The second kappa shape index (κ2) is 19.5. The molecule has 2 amide bonds. The monoisotopic (exact) mass is 605 g/mol. The number of benzene rings is 1. The normalized spacial score (nSPS) is 16.8. The van der Waals surface area contributed by atoms with E-state index in [1.54, 1.807) is 19.2 Å². The second-order valence-corrected chi connectivity index (χ2v) is 12.1. The highest BCUT2D eigenvalue weighted by Crippen LogP contribution is 2.22. The number of piperidine rings is 1. The zero-order chi connectivity index (χ0) is 31.8. The number of nitrogens with two attached hydrogens (primary N) is 2. The topological polar surface area (TPSA) is 158 Å². The highest BCUT2D eigenvalue weighted by molar-refractivity contribution is 5.96. The minimum Gasteiger partial charge on any atom is -0.493 e. The lowest BCUT2D eigenvalue weighted by Gasteiger charge is -2.35. The van der Waals surface area contributed by atoms with Crippen LogP contribution in [0.5, 0.6) is 5.75 Å². The van der Waals surface area contributed by atoms with Crippen LogP contribution in [0.15, 0.2) is 24.3 Å². The quantitative estimate of drug-likeness (QED) is 0.137. The Morgan fingerprint density at radius 2 is 1.70 bits per heavy atom. The van der Waals surface area contributed by atoms with E-state index in [-0.39, 0.29) is 30.2 Å². The summed E-state index contributed by atoms with van der Waals surface area (Å²) in [6.07, 6.45) is 4.06. The molecule has 0 saturated carbocycles. The summed E-state index contributed by atoms with van der Waals surface area (Å²) in [4.78, 5) is 40.8. The van der Waals surface area contributed by atoms with Crippen molar-refractivity contribution in [3.05, 3.63) is 29.8 Å². The van der Waals surface area contributed by atoms with Gasteiger partial charge in [-0.3, -0.25) is 14.5 Å². The summed E-state index contributed by atoms with van der Waals surface area (Å²) in [5, 5.41) is 5.76. The van der Waals surface area contributed by atoms with E-state index >= 15 is 0 Å². The second-order valence-electron chi connectivity index (χ2n) is 12.1. The Morgan fingerprint density at radius 1 is 1.00 bits per heavy atom. The highest BCUT2D eigenvalue weighted by atomic mass is 16.5. The number of carbonyl (C=O) groups excluding carboxylic acids is 3. The molecule has 2 rings (SSSR count). The average molecular weight is 606 g/mol. The van der Waals surface area contributed by atoms with Gasteiger partial charge in [-0.1, -0.05) is 46.2 Å². The highest BCUT2D eigenvalue weighted by Gasteiger charge is 2.33. The minimum absolute atomic E-state index is 0.0362. The van der Waals surface area contributed by atoms with Gasteiger partial charge >= 0.3 is 5.97 Å². The van der Waals surface area contributed by atoms with Crippen molar-refractivity contribution in [3.63, 3.8) is 0 Å². The fraction of sp³-hybridized carbons (Fsp3) is 0.719. The molecular formula is C32H55N5O6. The number of nitrogens with zero attached hydrogens (tertiary/aromatic N) is 1. The van der Waals surface area contributed by atoms with E-state index in [1.807, 2.05) is 26.0 Å². The Labute approximate surface area is 257 Å². The zero-order valence-electron chi connectivity index (χ0n) is 26.8. The summed E-state index contributed by atoms with van der Waals surface area (Å²) in [6, 6.07) is 5.91. The van der Waals surface area contributed by atoms with E-state index in [0.29, 0.717) is 44.0 Å². The molecule has 1 aliphatic heterocycles. The molecule has 0 radical (unpaired) electrons. The number of ether oxygens (including phenoxy) is 3. The summed E-state index contributed by atoms with van der Waals surface area (Å²) in [6.45, 7) is 11.5. The SMILES string of the molecule is COCCCOc1ccccc1C(=O)NC[C@@H](C[C@H](N)C(CN1CCCCC1)OC(=O)[C@@H](NC(=O)CN)C(C)C)C(C)C. The van der Waals surface area contributed by atoms with Crippen LogP contribution in [0.2, 0.25) is 0 Å². The smallest absolute Gasteiger partial charge is 0.329 e. The van der Waals surface area contributed by atoms with E-state index in [0.717, 1.165) is 32.4 Å². The first kappa shape index (κ1) is 36.5. The maximum atomic E-state index is 13.3. The predicted molar refractivity (Wildman–Crippen MR) is 168 cm³/mol. The van der Waals surface area contributed by atoms with E-state index < -0.39 is 30.1 Å². The van der Waals surface area contributed by atoms with Gasteiger partial charge < -0.3 is 36.3 Å². The number of para-hydroxylation sites is 1. The van der Waals surface area contributed by atoms with Crippen LogP contribution < -0.4 is 26.8 Å². The lowest BCUT2D eigenvalue weighted by molar-refractivity contribution is -0.156. The first-order valence-electron chi connectivity index (χ1n) is 15.7. The molecule has 0 bridgehead atoms. The molecule has 1 heterocycles. The van der Waals surface area contributed by atoms with Crippen molar-refractivity contribution in [2.75, 3.05) is 53.0 Å². The molecule has 11 nitrogen and oxygen atoms in total. The van der Waals surface area contributed by atoms with Gasteiger partial charge in [-0.15, -0.1) is 0 Å². The number of likely N-dealkylation sites (tertiary alicyclic amines) is 1. The molecule has 244 valence electrons. The van der Waals surface area contributed by atoms with Gasteiger partial charge in [0.15, 0.2) is 0 Å². The molecule has 0 aromatic heterocycles. The molecule has 0 spiro atoms. The molecular weight excluding hydrogens is 550 g/mol. The van der Waals surface area contributed by atoms with Crippen molar-refractivity contribution in [3.8, 4) is 5.75 Å². The van der Waals surface area contributed by atoms with Crippen molar-refractivity contribution >= 4 is 17.8 Å². The first-order valence-corrected chi connectivity index (χ1v) is 15.7. The molecule has 1 aliphatic rings. The third-order valence-corrected chi connectivity index (χ3v) is 7.98. The van der Waals surface area contributed by atoms with Crippen LogP contribution in [0.25, 0.3) is 0 Å². The van der Waals surface area contributed by atoms with Gasteiger partial charge in [0.25, 0.3) is 5.91 Å². The van der Waals surface area contributed by atoms with Gasteiger partial charge in [0.05, 0.1) is 18.7 Å². The van der Waals surface area contributed by atoms with Crippen LogP contribution in [0.1, 0.15) is 70.2 Å².